The smallest absolute Gasteiger partial charge is 0.408 e. The Bertz CT molecular complexity index is 911. The second-order valence-corrected chi connectivity index (χ2v) is 5.44. The summed E-state index contributed by atoms with van der Waals surface area (Å²) in [5, 5.41) is 12.1. The van der Waals surface area contributed by atoms with Gasteiger partial charge in [0.1, 0.15) is 0 Å². The fraction of sp³-hybridized carbons (Fsp3) is 0.222. The number of hydrogen-bond donors (Lipinski definition) is 2. The van der Waals surface area contributed by atoms with Gasteiger partial charge < -0.3 is 14.8 Å². The van der Waals surface area contributed by atoms with Crippen molar-refractivity contribution in [3.8, 4) is 0 Å². The number of aryl methyl sites for hydroxylation is 1. The molecule has 2 N–H and O–H groups in total. The van der Waals surface area contributed by atoms with Crippen LogP contribution in [0.3, 0.4) is 0 Å². The van der Waals surface area contributed by atoms with Crippen molar-refractivity contribution in [3.63, 3.8) is 0 Å². The summed E-state index contributed by atoms with van der Waals surface area (Å²) in [6.07, 6.45) is 0.171. The third-order valence-electron chi connectivity index (χ3n) is 3.90. The molecule has 0 aliphatic heterocycles. The molecular formula is C18H18N2O4. The molecule has 1 aromatic heterocycles. The van der Waals surface area contributed by atoms with E-state index in [1.165, 1.54) is 4.57 Å². The quantitative estimate of drug-likeness (QED) is 0.723. The number of fused-ring (bicyclic) bond motifs is 1. The average molecular weight is 326 g/mol. The van der Waals surface area contributed by atoms with Crippen LogP contribution in [0.2, 0.25) is 0 Å². The first-order valence-corrected chi connectivity index (χ1v) is 7.72. The van der Waals surface area contributed by atoms with Gasteiger partial charge in [0, 0.05) is 19.5 Å². The van der Waals surface area contributed by atoms with Crippen LogP contribution in [-0.4, -0.2) is 15.6 Å². The zero-order valence-corrected chi connectivity index (χ0v) is 13.1. The molecule has 3 rings (SSSR count). The van der Waals surface area contributed by atoms with Gasteiger partial charge in [-0.15, -0.1) is 0 Å². The van der Waals surface area contributed by atoms with Crippen molar-refractivity contribution in [2.75, 3.05) is 0 Å². The molecule has 0 atom stereocenters. The topological polar surface area (TPSA) is 84.5 Å². The van der Waals surface area contributed by atoms with E-state index in [4.69, 9.17) is 4.42 Å². The molecule has 0 aliphatic carbocycles. The lowest BCUT2D eigenvalue weighted by Gasteiger charge is -2.09. The molecule has 0 fully saturated rings. The normalized spacial score (nSPS) is 10.9. The fourth-order valence-electron chi connectivity index (χ4n) is 2.61. The van der Waals surface area contributed by atoms with Crippen LogP contribution in [0.15, 0.2) is 57.7 Å². The lowest BCUT2D eigenvalue weighted by molar-refractivity contribution is -0.121. The molecule has 6 nitrogen and oxygen atoms in total. The third kappa shape index (κ3) is 3.38. The summed E-state index contributed by atoms with van der Waals surface area (Å²) in [5.74, 6) is -0.630. The van der Waals surface area contributed by atoms with Gasteiger partial charge in [-0.3, -0.25) is 9.36 Å². The van der Waals surface area contributed by atoms with Crippen molar-refractivity contribution in [2.45, 2.75) is 26.1 Å². The monoisotopic (exact) mass is 326 g/mol. The Kier molecular flexibility index (Phi) is 4.77. The number of amides is 1. The van der Waals surface area contributed by atoms with E-state index in [0.29, 0.717) is 17.6 Å². The predicted octanol–water partition coefficient (Wildman–Crippen LogP) is 1.79. The van der Waals surface area contributed by atoms with E-state index in [9.17, 15) is 14.7 Å². The van der Waals surface area contributed by atoms with Crippen LogP contribution >= 0.6 is 0 Å². The molecule has 0 unspecified atom stereocenters. The molecule has 0 radical (unpaired) electrons. The van der Waals surface area contributed by atoms with Crippen molar-refractivity contribution in [3.05, 3.63) is 70.2 Å². The largest absolute Gasteiger partial charge is 0.419 e. The van der Waals surface area contributed by atoms with E-state index in [-0.39, 0.29) is 25.5 Å². The van der Waals surface area contributed by atoms with Gasteiger partial charge in [0.15, 0.2) is 5.58 Å². The second-order valence-electron chi connectivity index (χ2n) is 5.44. The number of aliphatic hydroxyl groups is 1. The van der Waals surface area contributed by atoms with Crippen LogP contribution < -0.4 is 11.1 Å². The molecule has 6 heteroatoms. The molecule has 24 heavy (non-hydrogen) atoms. The van der Waals surface area contributed by atoms with Gasteiger partial charge in [-0.25, -0.2) is 4.79 Å². The predicted molar refractivity (Wildman–Crippen MR) is 89.3 cm³/mol. The minimum atomic E-state index is -0.463. The minimum absolute atomic E-state index is 0.0670. The average Bonchev–Trinajstić information content (AvgIpc) is 2.93. The number of benzene rings is 2. The van der Waals surface area contributed by atoms with E-state index in [1.807, 2.05) is 30.3 Å². The Morgan fingerprint density at radius 2 is 1.79 bits per heavy atom. The summed E-state index contributed by atoms with van der Waals surface area (Å²) < 4.78 is 6.59. The van der Waals surface area contributed by atoms with Gasteiger partial charge in [0.2, 0.25) is 5.91 Å². The number of aromatic nitrogens is 1. The number of carbonyl (C=O) groups excluding carboxylic acids is 1. The Morgan fingerprint density at radius 1 is 1.08 bits per heavy atom. The number of para-hydroxylation sites is 2. The highest BCUT2D eigenvalue weighted by Crippen LogP contribution is 2.12. The maximum Gasteiger partial charge on any atom is 0.419 e. The van der Waals surface area contributed by atoms with Gasteiger partial charge >= 0.3 is 5.76 Å². The van der Waals surface area contributed by atoms with Crippen molar-refractivity contribution in [1.29, 1.82) is 0 Å². The molecule has 124 valence electrons. The summed E-state index contributed by atoms with van der Waals surface area (Å²) in [6.45, 7) is 0.530. The van der Waals surface area contributed by atoms with E-state index in [0.717, 1.165) is 11.1 Å². The van der Waals surface area contributed by atoms with E-state index in [2.05, 4.69) is 5.32 Å². The van der Waals surface area contributed by atoms with Crippen molar-refractivity contribution in [1.82, 2.24) is 9.88 Å². The van der Waals surface area contributed by atoms with Gasteiger partial charge in [-0.05, 0) is 23.3 Å². The van der Waals surface area contributed by atoms with E-state index >= 15 is 0 Å². The summed E-state index contributed by atoms with van der Waals surface area (Å²) in [7, 11) is 0. The highest BCUT2D eigenvalue weighted by atomic mass is 16.4. The molecule has 0 saturated heterocycles. The first-order chi connectivity index (χ1) is 11.7. The highest BCUT2D eigenvalue weighted by molar-refractivity contribution is 5.76. The number of aliphatic hydroxyl groups excluding tert-OH is 1. The number of oxazole rings is 1. The summed E-state index contributed by atoms with van der Waals surface area (Å²) in [4.78, 5) is 23.9. The standard InChI is InChI=1S/C18H18N2O4/c21-12-14-6-2-1-5-13(14)11-19-17(22)9-10-20-15-7-3-4-8-16(15)24-18(20)23/h1-8,21H,9-12H2,(H,19,22). The number of carbonyl (C=O) groups is 1. The first-order valence-electron chi connectivity index (χ1n) is 7.72. The summed E-state index contributed by atoms with van der Waals surface area (Å²) in [6, 6.07) is 14.5. The van der Waals surface area contributed by atoms with Crippen LogP contribution in [0, 0.1) is 0 Å². The second kappa shape index (κ2) is 7.14. The number of hydrogen-bond acceptors (Lipinski definition) is 4. The van der Waals surface area contributed by atoms with E-state index < -0.39 is 5.76 Å². The van der Waals surface area contributed by atoms with Crippen molar-refractivity contribution < 1.29 is 14.3 Å². The molecule has 1 amide bonds. The van der Waals surface area contributed by atoms with Crippen LogP contribution in [0.4, 0.5) is 0 Å². The molecule has 0 aliphatic rings. The van der Waals surface area contributed by atoms with Crippen LogP contribution in [-0.2, 0) is 24.5 Å². The van der Waals surface area contributed by atoms with Gasteiger partial charge in [-0.1, -0.05) is 36.4 Å². The van der Waals surface area contributed by atoms with Crippen molar-refractivity contribution >= 4 is 17.0 Å². The zero-order valence-electron chi connectivity index (χ0n) is 13.1. The SMILES string of the molecule is O=C(CCn1c(=O)oc2ccccc21)NCc1ccccc1CO. The lowest BCUT2D eigenvalue weighted by Crippen LogP contribution is -2.26. The maximum atomic E-state index is 12.0. The first kappa shape index (κ1) is 16.0. The molecular weight excluding hydrogens is 308 g/mol. The summed E-state index contributed by atoms with van der Waals surface area (Å²) >= 11 is 0. The van der Waals surface area contributed by atoms with E-state index in [1.54, 1.807) is 18.2 Å². The minimum Gasteiger partial charge on any atom is -0.408 e. The highest BCUT2D eigenvalue weighted by Gasteiger charge is 2.10. The van der Waals surface area contributed by atoms with Crippen LogP contribution in [0.25, 0.3) is 11.1 Å². The fourth-order valence-corrected chi connectivity index (χ4v) is 2.61. The van der Waals surface area contributed by atoms with Crippen molar-refractivity contribution in [2.24, 2.45) is 0 Å². The Labute approximate surface area is 138 Å². The molecule has 1 heterocycles. The Balaban J connectivity index is 1.61. The molecule has 3 aromatic rings. The summed E-state index contributed by atoms with van der Waals surface area (Å²) in [5.41, 5.74) is 2.86. The van der Waals surface area contributed by atoms with Crippen LogP contribution in [0.1, 0.15) is 17.5 Å². The molecule has 0 spiro atoms. The molecule has 0 bridgehead atoms. The lowest BCUT2D eigenvalue weighted by atomic mass is 10.1. The number of nitrogens with one attached hydrogen (secondary N) is 1. The molecule has 2 aromatic carbocycles. The van der Waals surface area contributed by atoms with Gasteiger partial charge in [0.05, 0.1) is 12.1 Å². The van der Waals surface area contributed by atoms with Crippen LogP contribution in [0.5, 0.6) is 0 Å². The molecule has 0 saturated carbocycles. The number of nitrogens with zero attached hydrogens (tertiary/aromatic N) is 1. The maximum absolute atomic E-state index is 12.0. The Morgan fingerprint density at radius 3 is 2.58 bits per heavy atom. The zero-order chi connectivity index (χ0) is 16.9. The Hall–Kier alpha value is -2.86. The third-order valence-corrected chi connectivity index (χ3v) is 3.90. The number of rotatable bonds is 6. The van der Waals surface area contributed by atoms with Gasteiger partial charge in [0.25, 0.3) is 0 Å². The van der Waals surface area contributed by atoms with Gasteiger partial charge in [-0.2, -0.15) is 0 Å².